The summed E-state index contributed by atoms with van der Waals surface area (Å²) in [6.07, 6.45) is 47.5. The van der Waals surface area contributed by atoms with Crippen LogP contribution in [0.25, 0.3) is 0 Å². The minimum Gasteiger partial charge on any atom is -0.462 e. The molecule has 552 valence electrons. The lowest BCUT2D eigenvalue weighted by Gasteiger charge is -2.21. The molecule has 0 bridgehead atoms. The van der Waals surface area contributed by atoms with E-state index in [0.29, 0.717) is 31.6 Å². The van der Waals surface area contributed by atoms with Crippen LogP contribution in [-0.4, -0.2) is 96.7 Å². The Morgan fingerprint density at radius 1 is 0.301 bits per heavy atom. The van der Waals surface area contributed by atoms with Gasteiger partial charge in [-0.15, -0.1) is 0 Å². The van der Waals surface area contributed by atoms with E-state index in [1.807, 2.05) is 0 Å². The Hall–Kier alpha value is -1.94. The average Bonchev–Trinajstić information content (AvgIpc) is 1.54. The predicted octanol–water partition coefficient (Wildman–Crippen LogP) is 21.3. The number of phosphoric acid groups is 2. The van der Waals surface area contributed by atoms with E-state index in [1.165, 1.54) is 167 Å². The molecule has 0 saturated heterocycles. The van der Waals surface area contributed by atoms with Crippen molar-refractivity contribution >= 4 is 39.5 Å². The lowest BCUT2D eigenvalue weighted by Crippen LogP contribution is -2.30. The van der Waals surface area contributed by atoms with Crippen LogP contribution < -0.4 is 0 Å². The van der Waals surface area contributed by atoms with Gasteiger partial charge in [-0.25, -0.2) is 9.13 Å². The summed E-state index contributed by atoms with van der Waals surface area (Å²) in [4.78, 5) is 72.6. The minimum atomic E-state index is -4.96. The van der Waals surface area contributed by atoms with Crippen molar-refractivity contribution in [3.05, 3.63) is 0 Å². The van der Waals surface area contributed by atoms with Crippen LogP contribution in [-0.2, 0) is 65.4 Å². The van der Waals surface area contributed by atoms with E-state index in [0.717, 1.165) is 114 Å². The van der Waals surface area contributed by atoms with Crippen LogP contribution in [0.3, 0.4) is 0 Å². The molecule has 93 heavy (non-hydrogen) atoms. The van der Waals surface area contributed by atoms with Crippen LogP contribution in [0, 0.1) is 23.7 Å². The maximum absolute atomic E-state index is 13.1. The number of rotatable bonds is 71. The number of unbranched alkanes of at least 4 members (excludes halogenated alkanes) is 36. The first-order valence-corrected chi connectivity index (χ1v) is 41.2. The number of hydrogen-bond acceptors (Lipinski definition) is 15. The molecule has 0 fully saturated rings. The average molecular weight is 1370 g/mol. The zero-order valence-corrected chi connectivity index (χ0v) is 62.7. The van der Waals surface area contributed by atoms with Crippen molar-refractivity contribution in [3.8, 4) is 0 Å². The fourth-order valence-electron chi connectivity index (χ4n) is 11.2. The smallest absolute Gasteiger partial charge is 0.462 e. The third-order valence-corrected chi connectivity index (χ3v) is 19.3. The Kier molecular flexibility index (Phi) is 62.2. The highest BCUT2D eigenvalue weighted by atomic mass is 31.2. The number of ether oxygens (including phenoxy) is 4. The van der Waals surface area contributed by atoms with Crippen molar-refractivity contribution < 1.29 is 80.2 Å². The van der Waals surface area contributed by atoms with Crippen LogP contribution in [0.2, 0.25) is 0 Å². The second kappa shape index (κ2) is 63.5. The van der Waals surface area contributed by atoms with Crippen LogP contribution in [0.1, 0.15) is 370 Å². The van der Waals surface area contributed by atoms with Gasteiger partial charge < -0.3 is 33.8 Å². The highest BCUT2D eigenvalue weighted by Crippen LogP contribution is 2.45. The standard InChI is InChI=1S/C74H144O17P2/c1-9-67(8)53-45-37-31-33-39-47-55-72(77)85-61-70(91-74(79)57-49-41-32-30-36-44-52-66(6)7)63-89-93(82,83)87-59-68(75)58-86-92(80,81)88-62-69(90-73(78)56-48-40-29-25-21-17-16-19-23-27-35-43-51-65(4)5)60-84-71(76)54-46-38-28-24-20-15-13-11-10-12-14-18-22-26-34-42-50-64(2)3/h64-70,75H,9-63H2,1-8H3,(H,80,81)(H,82,83)/t67?,68-,69-,70-/m1/s1. The molecule has 0 spiro atoms. The van der Waals surface area contributed by atoms with E-state index in [1.54, 1.807) is 0 Å². The number of aliphatic hydroxyl groups excluding tert-OH is 1. The van der Waals surface area contributed by atoms with E-state index in [-0.39, 0.29) is 25.7 Å². The molecular weight excluding hydrogens is 1220 g/mol. The summed E-state index contributed by atoms with van der Waals surface area (Å²) in [6.45, 7) is 14.1. The normalized spacial score (nSPS) is 14.5. The SMILES string of the molecule is CCC(C)CCCCCCCCC(=O)OC[C@H](COP(=O)(O)OC[C@H](O)COP(=O)(O)OC[C@@H](COC(=O)CCCCCCCCCCCCCCCCCCC(C)C)OC(=O)CCCCCCCCCCCCCCC(C)C)OC(=O)CCCCCCCCC(C)C. The van der Waals surface area contributed by atoms with Crippen LogP contribution in [0.4, 0.5) is 0 Å². The second-order valence-corrected chi connectivity index (χ2v) is 31.3. The van der Waals surface area contributed by atoms with Crippen molar-refractivity contribution in [2.24, 2.45) is 23.7 Å². The van der Waals surface area contributed by atoms with E-state index in [4.69, 9.17) is 37.0 Å². The van der Waals surface area contributed by atoms with E-state index >= 15 is 0 Å². The zero-order chi connectivity index (χ0) is 68.9. The molecule has 0 saturated carbocycles. The fraction of sp³-hybridized carbons (Fsp3) is 0.946. The summed E-state index contributed by atoms with van der Waals surface area (Å²) < 4.78 is 68.4. The minimum absolute atomic E-state index is 0.101. The largest absolute Gasteiger partial charge is 0.472 e. The molecule has 19 heteroatoms. The molecule has 0 aromatic heterocycles. The van der Waals surface area contributed by atoms with Crippen LogP contribution >= 0.6 is 15.6 Å². The van der Waals surface area contributed by atoms with Crippen molar-refractivity contribution in [1.29, 1.82) is 0 Å². The Labute approximate surface area is 568 Å². The van der Waals surface area contributed by atoms with Gasteiger partial charge in [0.05, 0.1) is 26.4 Å². The van der Waals surface area contributed by atoms with Crippen LogP contribution in [0.5, 0.6) is 0 Å². The van der Waals surface area contributed by atoms with E-state index in [2.05, 4.69) is 55.4 Å². The highest BCUT2D eigenvalue weighted by molar-refractivity contribution is 7.47. The Morgan fingerprint density at radius 2 is 0.516 bits per heavy atom. The molecule has 0 radical (unpaired) electrons. The Morgan fingerprint density at radius 3 is 0.763 bits per heavy atom. The van der Waals surface area contributed by atoms with E-state index in [9.17, 15) is 43.2 Å². The Balaban J connectivity index is 5.20. The molecule has 0 aliphatic carbocycles. The first kappa shape index (κ1) is 91.1. The van der Waals surface area contributed by atoms with Crippen LogP contribution in [0.15, 0.2) is 0 Å². The van der Waals surface area contributed by atoms with Gasteiger partial charge in [0.25, 0.3) is 0 Å². The first-order chi connectivity index (χ1) is 44.6. The molecule has 0 amide bonds. The van der Waals surface area contributed by atoms with Crippen molar-refractivity contribution in [1.82, 2.24) is 0 Å². The van der Waals surface area contributed by atoms with Gasteiger partial charge in [-0.1, -0.05) is 319 Å². The summed E-state index contributed by atoms with van der Waals surface area (Å²) in [6, 6.07) is 0. The molecule has 0 aliphatic heterocycles. The molecule has 0 aromatic rings. The number of esters is 4. The quantitative estimate of drug-likeness (QED) is 0.0222. The molecule has 0 aliphatic rings. The zero-order valence-electron chi connectivity index (χ0n) is 60.9. The lowest BCUT2D eigenvalue weighted by molar-refractivity contribution is -0.161. The molecular formula is C74H144O17P2. The summed E-state index contributed by atoms with van der Waals surface area (Å²) in [5.41, 5.74) is 0. The number of phosphoric ester groups is 2. The summed E-state index contributed by atoms with van der Waals surface area (Å²) in [7, 11) is -9.91. The summed E-state index contributed by atoms with van der Waals surface area (Å²) in [5, 5.41) is 10.6. The van der Waals surface area contributed by atoms with Gasteiger partial charge in [0, 0.05) is 25.7 Å². The summed E-state index contributed by atoms with van der Waals surface area (Å²) >= 11 is 0. The van der Waals surface area contributed by atoms with Gasteiger partial charge in [0.15, 0.2) is 12.2 Å². The predicted molar refractivity (Wildman–Crippen MR) is 377 cm³/mol. The van der Waals surface area contributed by atoms with Gasteiger partial charge in [-0.05, 0) is 49.4 Å². The van der Waals surface area contributed by atoms with Gasteiger partial charge in [-0.3, -0.25) is 37.3 Å². The number of carbonyl (C=O) groups excluding carboxylic acids is 4. The van der Waals surface area contributed by atoms with Crippen molar-refractivity contribution in [2.45, 2.75) is 388 Å². The molecule has 3 unspecified atom stereocenters. The topological polar surface area (TPSA) is 237 Å². The summed E-state index contributed by atoms with van der Waals surface area (Å²) in [5.74, 6) is 0.860. The van der Waals surface area contributed by atoms with Gasteiger partial charge in [-0.2, -0.15) is 0 Å². The number of aliphatic hydroxyl groups is 1. The molecule has 0 heterocycles. The fourth-order valence-corrected chi connectivity index (χ4v) is 12.7. The van der Waals surface area contributed by atoms with Gasteiger partial charge >= 0.3 is 39.5 Å². The van der Waals surface area contributed by atoms with E-state index < -0.39 is 97.5 Å². The molecule has 0 rings (SSSR count). The van der Waals surface area contributed by atoms with Crippen molar-refractivity contribution in [3.63, 3.8) is 0 Å². The van der Waals surface area contributed by atoms with Crippen molar-refractivity contribution in [2.75, 3.05) is 39.6 Å². The van der Waals surface area contributed by atoms with Gasteiger partial charge in [0.1, 0.15) is 19.3 Å². The molecule has 6 atom stereocenters. The number of hydrogen-bond donors (Lipinski definition) is 3. The van der Waals surface area contributed by atoms with Gasteiger partial charge in [0.2, 0.25) is 0 Å². The molecule has 3 N–H and O–H groups in total. The molecule has 17 nitrogen and oxygen atoms in total. The third kappa shape index (κ3) is 67.0. The number of carbonyl (C=O) groups is 4. The maximum atomic E-state index is 13.1. The first-order valence-electron chi connectivity index (χ1n) is 38.2. The highest BCUT2D eigenvalue weighted by Gasteiger charge is 2.30. The third-order valence-electron chi connectivity index (χ3n) is 17.4. The monoisotopic (exact) mass is 1370 g/mol. The lowest BCUT2D eigenvalue weighted by atomic mass is 10.00. The maximum Gasteiger partial charge on any atom is 0.472 e. The molecule has 0 aromatic carbocycles. The second-order valence-electron chi connectivity index (χ2n) is 28.4. The Bertz CT molecular complexity index is 1840.